The van der Waals surface area contributed by atoms with E-state index in [0.717, 1.165) is 64.2 Å². The molecule has 2 amide bonds. The number of amides is 2. The minimum atomic E-state index is -0.816. The summed E-state index contributed by atoms with van der Waals surface area (Å²) in [4.78, 5) is 47.1. The van der Waals surface area contributed by atoms with Crippen molar-refractivity contribution in [3.05, 3.63) is 35.4 Å². The standard InChI is InChI=1S/C24H38O4.C12H24N2O4/c1-5-9-13-19(7-3)17-27-23(25)21-15-11-12-16-22(21)24(26)28-18-20(8-4)14-10-6-2;1-5-6-12(4,7-17-10(13)15)8-18-11(16)14-9(2)3/h11-12,15-16,19-20H,5-10,13-14,17-18H2,1-4H3;9H,5-8H2,1-4H3,(H2,13,15)(H,14,16). The second-order valence-corrected chi connectivity index (χ2v) is 12.6. The Morgan fingerprint density at radius 1 is 0.739 bits per heavy atom. The van der Waals surface area contributed by atoms with Crippen LogP contribution in [-0.2, 0) is 18.9 Å². The molecular weight excluding hydrogens is 588 g/mol. The molecule has 0 bridgehead atoms. The van der Waals surface area contributed by atoms with Gasteiger partial charge in [0.25, 0.3) is 0 Å². The lowest BCUT2D eigenvalue weighted by atomic mass is 9.87. The number of hydrogen-bond donors (Lipinski definition) is 2. The third kappa shape index (κ3) is 19.3. The number of nitrogens with one attached hydrogen (secondary N) is 1. The summed E-state index contributed by atoms with van der Waals surface area (Å²) in [6, 6.07) is 6.80. The lowest BCUT2D eigenvalue weighted by molar-refractivity contribution is 0.0332. The van der Waals surface area contributed by atoms with Crippen LogP contribution in [0.15, 0.2) is 24.3 Å². The van der Waals surface area contributed by atoms with Crippen molar-refractivity contribution in [3.63, 3.8) is 0 Å². The fraction of sp³-hybridized carbons (Fsp3) is 0.722. The zero-order chi connectivity index (χ0) is 35.0. The van der Waals surface area contributed by atoms with Crippen LogP contribution in [0.1, 0.15) is 140 Å². The van der Waals surface area contributed by atoms with Crippen LogP contribution in [0.5, 0.6) is 0 Å². The molecule has 0 aliphatic rings. The molecule has 0 saturated carbocycles. The molecule has 0 fully saturated rings. The van der Waals surface area contributed by atoms with Crippen LogP contribution in [-0.4, -0.2) is 56.6 Å². The maximum Gasteiger partial charge on any atom is 0.407 e. The van der Waals surface area contributed by atoms with Crippen molar-refractivity contribution >= 4 is 24.1 Å². The smallest absolute Gasteiger partial charge is 0.407 e. The van der Waals surface area contributed by atoms with E-state index in [1.165, 1.54) is 0 Å². The Balaban J connectivity index is 0.000000973. The van der Waals surface area contributed by atoms with E-state index in [1.807, 2.05) is 27.7 Å². The summed E-state index contributed by atoms with van der Waals surface area (Å²) in [5.41, 5.74) is 5.11. The molecule has 3 N–H and O–H groups in total. The predicted molar refractivity (Wildman–Crippen MR) is 182 cm³/mol. The Hall–Kier alpha value is -3.30. The zero-order valence-corrected chi connectivity index (χ0v) is 29.8. The SMILES string of the molecule is CCCC(C)(COC(N)=O)COC(=O)NC(C)C.CCCCC(CC)COC(=O)c1ccccc1C(=O)OCC(CC)CCCC. The zero-order valence-electron chi connectivity index (χ0n) is 29.8. The van der Waals surface area contributed by atoms with E-state index in [1.54, 1.807) is 24.3 Å². The summed E-state index contributed by atoms with van der Waals surface area (Å²) in [5, 5.41) is 2.63. The summed E-state index contributed by atoms with van der Waals surface area (Å²) in [6.07, 6.45) is 9.00. The molecular formula is C36H62N2O8. The Bertz CT molecular complexity index is 964. The number of nitrogens with two attached hydrogens (primary N) is 1. The second-order valence-electron chi connectivity index (χ2n) is 12.6. The number of carbonyl (C=O) groups excluding carboxylic acids is 4. The normalized spacial score (nSPS) is 13.3. The van der Waals surface area contributed by atoms with E-state index in [9.17, 15) is 19.2 Å². The minimum Gasteiger partial charge on any atom is -0.462 e. The van der Waals surface area contributed by atoms with Gasteiger partial charge in [-0.05, 0) is 57.1 Å². The number of esters is 2. The van der Waals surface area contributed by atoms with Gasteiger partial charge in [-0.15, -0.1) is 0 Å². The van der Waals surface area contributed by atoms with Gasteiger partial charge in [-0.3, -0.25) is 0 Å². The van der Waals surface area contributed by atoms with Crippen molar-refractivity contribution in [2.24, 2.45) is 23.0 Å². The maximum atomic E-state index is 12.6. The largest absolute Gasteiger partial charge is 0.462 e. The molecule has 0 radical (unpaired) electrons. The highest BCUT2D eigenvalue weighted by molar-refractivity contribution is 6.03. The molecule has 46 heavy (non-hydrogen) atoms. The van der Waals surface area contributed by atoms with Gasteiger partial charge in [0.15, 0.2) is 0 Å². The van der Waals surface area contributed by atoms with Crippen LogP contribution >= 0.6 is 0 Å². The molecule has 0 aliphatic carbocycles. The van der Waals surface area contributed by atoms with Crippen molar-refractivity contribution in [2.75, 3.05) is 26.4 Å². The number of ether oxygens (including phenoxy) is 4. The first-order valence-electron chi connectivity index (χ1n) is 17.1. The number of primary amides is 1. The van der Waals surface area contributed by atoms with Crippen LogP contribution < -0.4 is 11.1 Å². The van der Waals surface area contributed by atoms with Crippen molar-refractivity contribution in [1.29, 1.82) is 0 Å². The van der Waals surface area contributed by atoms with Gasteiger partial charge < -0.3 is 30.0 Å². The van der Waals surface area contributed by atoms with Gasteiger partial charge in [0, 0.05) is 11.5 Å². The highest BCUT2D eigenvalue weighted by Gasteiger charge is 2.27. The lowest BCUT2D eigenvalue weighted by Crippen LogP contribution is -2.37. The lowest BCUT2D eigenvalue weighted by Gasteiger charge is -2.27. The van der Waals surface area contributed by atoms with E-state index < -0.39 is 29.5 Å². The van der Waals surface area contributed by atoms with Crippen LogP contribution in [0.2, 0.25) is 0 Å². The van der Waals surface area contributed by atoms with Crippen LogP contribution in [0.3, 0.4) is 0 Å². The highest BCUT2D eigenvalue weighted by atomic mass is 16.6. The summed E-state index contributed by atoms with van der Waals surface area (Å²) < 4.78 is 21.0. The number of alkyl carbamates (subject to hydrolysis) is 1. The summed E-state index contributed by atoms with van der Waals surface area (Å²) >= 11 is 0. The fourth-order valence-corrected chi connectivity index (χ4v) is 4.73. The Morgan fingerprint density at radius 3 is 1.57 bits per heavy atom. The van der Waals surface area contributed by atoms with Gasteiger partial charge in [0.2, 0.25) is 0 Å². The van der Waals surface area contributed by atoms with Gasteiger partial charge in [-0.2, -0.15) is 0 Å². The molecule has 1 aromatic rings. The van der Waals surface area contributed by atoms with Gasteiger partial charge in [-0.1, -0.05) is 98.6 Å². The van der Waals surface area contributed by atoms with Gasteiger partial charge >= 0.3 is 24.1 Å². The third-order valence-corrected chi connectivity index (χ3v) is 7.73. The molecule has 1 rings (SSSR count). The number of rotatable bonds is 21. The molecule has 0 aromatic heterocycles. The summed E-state index contributed by atoms with van der Waals surface area (Å²) in [7, 11) is 0. The molecule has 3 unspecified atom stereocenters. The molecule has 0 aliphatic heterocycles. The van der Waals surface area contributed by atoms with Crippen molar-refractivity contribution in [2.45, 2.75) is 126 Å². The third-order valence-electron chi connectivity index (χ3n) is 7.73. The second kappa shape index (κ2) is 24.9. The van der Waals surface area contributed by atoms with Crippen molar-refractivity contribution in [1.82, 2.24) is 5.32 Å². The molecule has 10 heteroatoms. The van der Waals surface area contributed by atoms with Crippen molar-refractivity contribution < 1.29 is 38.1 Å². The van der Waals surface area contributed by atoms with Crippen LogP contribution in [0.4, 0.5) is 9.59 Å². The monoisotopic (exact) mass is 650 g/mol. The average molecular weight is 651 g/mol. The fourth-order valence-electron chi connectivity index (χ4n) is 4.73. The average Bonchev–Trinajstić information content (AvgIpc) is 3.03. The molecule has 10 nitrogen and oxygen atoms in total. The molecule has 3 atom stereocenters. The maximum absolute atomic E-state index is 12.6. The van der Waals surface area contributed by atoms with Gasteiger partial charge in [0.05, 0.1) is 24.3 Å². The minimum absolute atomic E-state index is 0.0248. The number of hydrogen-bond acceptors (Lipinski definition) is 8. The number of benzene rings is 1. The molecule has 0 spiro atoms. The Kier molecular flexibility index (Phi) is 23.1. The first kappa shape index (κ1) is 42.7. The molecule has 1 aromatic carbocycles. The van der Waals surface area contributed by atoms with E-state index in [0.29, 0.717) is 36.2 Å². The predicted octanol–water partition coefficient (Wildman–Crippen LogP) is 8.46. The number of carbonyl (C=O) groups is 4. The first-order valence-corrected chi connectivity index (χ1v) is 17.1. The topological polar surface area (TPSA) is 143 Å². The molecule has 264 valence electrons. The van der Waals surface area contributed by atoms with E-state index >= 15 is 0 Å². The van der Waals surface area contributed by atoms with Crippen LogP contribution in [0, 0.1) is 17.3 Å². The summed E-state index contributed by atoms with van der Waals surface area (Å²) in [5.74, 6) is -0.153. The van der Waals surface area contributed by atoms with Crippen molar-refractivity contribution in [3.8, 4) is 0 Å². The highest BCUT2D eigenvalue weighted by Crippen LogP contribution is 2.24. The first-order chi connectivity index (χ1) is 21.9. The Labute approximate surface area is 277 Å². The van der Waals surface area contributed by atoms with E-state index in [4.69, 9.17) is 24.7 Å². The van der Waals surface area contributed by atoms with E-state index in [-0.39, 0.29) is 19.3 Å². The molecule has 0 heterocycles. The van der Waals surface area contributed by atoms with Gasteiger partial charge in [-0.25, -0.2) is 19.2 Å². The number of unbranched alkanes of at least 4 members (excludes halogenated alkanes) is 2. The van der Waals surface area contributed by atoms with Crippen LogP contribution in [0.25, 0.3) is 0 Å². The Morgan fingerprint density at radius 2 is 1.20 bits per heavy atom. The summed E-state index contributed by atoms with van der Waals surface area (Å²) in [6.45, 7) is 17.3. The molecule has 0 saturated heterocycles. The van der Waals surface area contributed by atoms with E-state index in [2.05, 4.69) is 33.0 Å². The quantitative estimate of drug-likeness (QED) is 0.0996. The van der Waals surface area contributed by atoms with Gasteiger partial charge in [0.1, 0.15) is 13.2 Å².